The van der Waals surface area contributed by atoms with Crippen LogP contribution >= 0.6 is 0 Å². The summed E-state index contributed by atoms with van der Waals surface area (Å²) in [5.74, 6) is 2.30. The van der Waals surface area contributed by atoms with E-state index in [1.165, 1.54) is 31.3 Å². The summed E-state index contributed by atoms with van der Waals surface area (Å²) in [7, 11) is 1.68. The Morgan fingerprint density at radius 2 is 1.91 bits per heavy atom. The molecule has 1 aliphatic carbocycles. The molecule has 1 N–H and O–H groups in total. The lowest BCUT2D eigenvalue weighted by Gasteiger charge is -2.18. The standard InChI is InChI=1S/C29H38N2O3/c1-6-9-28(31-29-13-12-24(19-30-29)21(2)3)25-16-26(33-15-14-23-10-7-8-11-23)18-27(17-25)34-22(4)20-32-5/h9,12-14,16-19,22H,2,6-8,10-11,15,20H2,1,3-5H3,(H,30,31). The van der Waals surface area contributed by atoms with Crippen molar-refractivity contribution in [3.63, 3.8) is 0 Å². The van der Waals surface area contributed by atoms with E-state index in [1.54, 1.807) is 7.11 Å². The van der Waals surface area contributed by atoms with Gasteiger partial charge < -0.3 is 19.5 Å². The highest BCUT2D eigenvalue weighted by molar-refractivity contribution is 5.77. The molecule has 1 heterocycles. The van der Waals surface area contributed by atoms with Gasteiger partial charge in [-0.2, -0.15) is 0 Å². The average molecular weight is 463 g/mol. The number of hydrogen-bond acceptors (Lipinski definition) is 5. The van der Waals surface area contributed by atoms with E-state index in [9.17, 15) is 0 Å². The SMILES string of the molecule is C=C(C)c1ccc(NC(=CCC)c2cc(OCC=C3CCCC3)cc(OC(C)COC)c2)nc1. The number of aromatic nitrogens is 1. The van der Waals surface area contributed by atoms with Gasteiger partial charge in [-0.15, -0.1) is 0 Å². The quantitative estimate of drug-likeness (QED) is 0.336. The predicted octanol–water partition coefficient (Wildman–Crippen LogP) is 7.27. The molecule has 5 nitrogen and oxygen atoms in total. The minimum atomic E-state index is -0.0726. The Balaban J connectivity index is 1.85. The Kier molecular flexibility index (Phi) is 9.77. The molecule has 2 aromatic rings. The molecule has 3 rings (SSSR count). The maximum atomic E-state index is 6.14. The summed E-state index contributed by atoms with van der Waals surface area (Å²) in [4.78, 5) is 4.56. The topological polar surface area (TPSA) is 52.6 Å². The van der Waals surface area contributed by atoms with Gasteiger partial charge in [-0.25, -0.2) is 4.98 Å². The van der Waals surface area contributed by atoms with Gasteiger partial charge >= 0.3 is 0 Å². The highest BCUT2D eigenvalue weighted by Crippen LogP contribution is 2.30. The van der Waals surface area contributed by atoms with Crippen LogP contribution in [0, 0.1) is 0 Å². The van der Waals surface area contributed by atoms with Crippen molar-refractivity contribution in [3.8, 4) is 11.5 Å². The Morgan fingerprint density at radius 1 is 1.15 bits per heavy atom. The van der Waals surface area contributed by atoms with E-state index in [0.717, 1.165) is 46.1 Å². The number of allylic oxidation sites excluding steroid dienone is 3. The van der Waals surface area contributed by atoms with E-state index >= 15 is 0 Å². The van der Waals surface area contributed by atoms with Crippen molar-refractivity contribution in [2.24, 2.45) is 0 Å². The molecular formula is C29H38N2O3. The van der Waals surface area contributed by atoms with Crippen LogP contribution in [0.5, 0.6) is 11.5 Å². The molecule has 182 valence electrons. The third kappa shape index (κ3) is 7.77. The molecule has 0 amide bonds. The zero-order valence-electron chi connectivity index (χ0n) is 21.0. The van der Waals surface area contributed by atoms with Crippen molar-refractivity contribution in [1.82, 2.24) is 4.98 Å². The molecular weight excluding hydrogens is 424 g/mol. The Morgan fingerprint density at radius 3 is 2.56 bits per heavy atom. The van der Waals surface area contributed by atoms with Crippen LogP contribution in [-0.4, -0.2) is 31.4 Å². The molecule has 1 aliphatic rings. The second-order valence-electron chi connectivity index (χ2n) is 8.82. The summed E-state index contributed by atoms with van der Waals surface area (Å²) < 4.78 is 17.5. The summed E-state index contributed by atoms with van der Waals surface area (Å²) in [6.45, 7) is 11.2. The number of methoxy groups -OCH3 is 1. The first-order valence-corrected chi connectivity index (χ1v) is 12.2. The van der Waals surface area contributed by atoms with Crippen LogP contribution in [0.25, 0.3) is 11.3 Å². The minimum absolute atomic E-state index is 0.0726. The lowest BCUT2D eigenvalue weighted by molar-refractivity contribution is 0.0919. The number of nitrogens with zero attached hydrogens (tertiary/aromatic N) is 1. The number of anilines is 1. The summed E-state index contributed by atoms with van der Waals surface area (Å²) in [6, 6.07) is 10.0. The Bertz CT molecular complexity index is 1000. The number of rotatable bonds is 12. The van der Waals surface area contributed by atoms with Crippen molar-refractivity contribution in [1.29, 1.82) is 0 Å². The second kappa shape index (κ2) is 13.0. The second-order valence-corrected chi connectivity index (χ2v) is 8.82. The number of ether oxygens (including phenoxy) is 3. The third-order valence-electron chi connectivity index (χ3n) is 5.72. The molecule has 0 aliphatic heterocycles. The van der Waals surface area contributed by atoms with Crippen LogP contribution in [0.4, 0.5) is 5.82 Å². The van der Waals surface area contributed by atoms with Crippen LogP contribution in [0.3, 0.4) is 0 Å². The largest absolute Gasteiger partial charge is 0.489 e. The molecule has 5 heteroatoms. The molecule has 1 unspecified atom stereocenters. The molecule has 1 atom stereocenters. The van der Waals surface area contributed by atoms with Crippen LogP contribution in [-0.2, 0) is 4.74 Å². The molecule has 0 spiro atoms. The first-order valence-electron chi connectivity index (χ1n) is 12.2. The van der Waals surface area contributed by atoms with E-state index in [-0.39, 0.29) is 6.10 Å². The predicted molar refractivity (Wildman–Crippen MR) is 141 cm³/mol. The van der Waals surface area contributed by atoms with Crippen molar-refractivity contribution >= 4 is 17.1 Å². The first kappa shape index (κ1) is 25.6. The van der Waals surface area contributed by atoms with Gasteiger partial charge in [-0.3, -0.25) is 0 Å². The maximum absolute atomic E-state index is 6.14. The zero-order valence-corrected chi connectivity index (χ0v) is 21.0. The van der Waals surface area contributed by atoms with Crippen molar-refractivity contribution in [2.45, 2.75) is 59.0 Å². The normalized spacial score (nSPS) is 14.6. The number of hydrogen-bond donors (Lipinski definition) is 1. The summed E-state index contributed by atoms with van der Waals surface area (Å²) in [5.41, 5.74) is 5.47. The van der Waals surface area contributed by atoms with Crippen LogP contribution in [0.2, 0.25) is 0 Å². The van der Waals surface area contributed by atoms with Gasteiger partial charge in [-0.1, -0.05) is 25.2 Å². The Hall–Kier alpha value is -3.05. The molecule has 0 bridgehead atoms. The van der Waals surface area contributed by atoms with E-state index in [2.05, 4.69) is 42.0 Å². The van der Waals surface area contributed by atoms with Crippen molar-refractivity contribution in [3.05, 3.63) is 72.0 Å². The zero-order chi connectivity index (χ0) is 24.3. The third-order valence-corrected chi connectivity index (χ3v) is 5.72. The maximum Gasteiger partial charge on any atom is 0.130 e. The summed E-state index contributed by atoms with van der Waals surface area (Å²) in [6.07, 6.45) is 12.0. The highest BCUT2D eigenvalue weighted by Gasteiger charge is 2.12. The lowest BCUT2D eigenvalue weighted by atomic mass is 10.1. The van der Waals surface area contributed by atoms with E-state index in [1.807, 2.05) is 44.3 Å². The number of nitrogens with one attached hydrogen (secondary N) is 1. The van der Waals surface area contributed by atoms with Crippen molar-refractivity contribution in [2.75, 3.05) is 25.6 Å². The molecule has 0 saturated heterocycles. The first-order chi connectivity index (χ1) is 16.5. The number of pyridine rings is 1. The summed E-state index contributed by atoms with van der Waals surface area (Å²) in [5, 5.41) is 3.47. The fraction of sp³-hybridized carbons (Fsp3) is 0.414. The van der Waals surface area contributed by atoms with E-state index in [4.69, 9.17) is 14.2 Å². The number of benzene rings is 1. The van der Waals surface area contributed by atoms with Gasteiger partial charge in [0, 0.05) is 30.6 Å². The summed E-state index contributed by atoms with van der Waals surface area (Å²) >= 11 is 0. The monoisotopic (exact) mass is 462 g/mol. The minimum Gasteiger partial charge on any atom is -0.489 e. The molecule has 1 aromatic carbocycles. The Labute approximate surface area is 204 Å². The molecule has 0 radical (unpaired) electrons. The van der Waals surface area contributed by atoms with Gasteiger partial charge in [0.25, 0.3) is 0 Å². The van der Waals surface area contributed by atoms with Crippen LogP contribution in [0.1, 0.15) is 64.0 Å². The van der Waals surface area contributed by atoms with Gasteiger partial charge in [0.15, 0.2) is 0 Å². The fourth-order valence-electron chi connectivity index (χ4n) is 3.97. The smallest absolute Gasteiger partial charge is 0.130 e. The van der Waals surface area contributed by atoms with Crippen LogP contribution in [0.15, 0.2) is 60.8 Å². The lowest BCUT2D eigenvalue weighted by Crippen LogP contribution is -2.18. The molecule has 1 fully saturated rings. The van der Waals surface area contributed by atoms with Crippen molar-refractivity contribution < 1.29 is 14.2 Å². The van der Waals surface area contributed by atoms with Gasteiger partial charge in [0.2, 0.25) is 0 Å². The van der Waals surface area contributed by atoms with Gasteiger partial charge in [0.05, 0.1) is 6.61 Å². The molecule has 34 heavy (non-hydrogen) atoms. The van der Waals surface area contributed by atoms with Gasteiger partial charge in [-0.05, 0) is 87.4 Å². The fourth-order valence-corrected chi connectivity index (χ4v) is 3.97. The van der Waals surface area contributed by atoms with E-state index in [0.29, 0.717) is 13.2 Å². The highest BCUT2D eigenvalue weighted by atomic mass is 16.5. The van der Waals surface area contributed by atoms with Gasteiger partial charge in [0.1, 0.15) is 30.0 Å². The van der Waals surface area contributed by atoms with Crippen LogP contribution < -0.4 is 14.8 Å². The molecule has 1 saturated carbocycles. The molecule has 1 aromatic heterocycles. The van der Waals surface area contributed by atoms with E-state index < -0.39 is 0 Å². The average Bonchev–Trinajstić information content (AvgIpc) is 3.33.